The molecule has 0 radical (unpaired) electrons. The second-order valence-electron chi connectivity index (χ2n) is 6.11. The lowest BCUT2D eigenvalue weighted by molar-refractivity contribution is 0.0935. The number of rotatable bonds is 6. The number of halogens is 1. The van der Waals surface area contributed by atoms with E-state index in [9.17, 15) is 13.2 Å². The molecule has 0 aliphatic carbocycles. The van der Waals surface area contributed by atoms with Crippen LogP contribution in [0.25, 0.3) is 0 Å². The van der Waals surface area contributed by atoms with Crippen LogP contribution in [0.15, 0.2) is 41.3 Å². The van der Waals surface area contributed by atoms with Gasteiger partial charge in [0.05, 0.1) is 10.9 Å². The van der Waals surface area contributed by atoms with Gasteiger partial charge in [-0.2, -0.15) is 0 Å². The van der Waals surface area contributed by atoms with Gasteiger partial charge >= 0.3 is 0 Å². The fourth-order valence-electron chi connectivity index (χ4n) is 2.70. The minimum Gasteiger partial charge on any atom is -0.345 e. The molecule has 1 atom stereocenters. The third-order valence-electron chi connectivity index (χ3n) is 4.43. The average molecular weight is 395 g/mol. The number of hydrogen-bond acceptors (Lipinski definition) is 3. The summed E-state index contributed by atoms with van der Waals surface area (Å²) >= 11 is 5.92. The number of carbonyl (C=O) groups is 1. The molecule has 2 rings (SSSR count). The molecular formula is C19H23ClN2O3S. The number of hydrogen-bond donors (Lipinski definition) is 2. The van der Waals surface area contributed by atoms with Crippen molar-refractivity contribution in [2.75, 3.05) is 7.05 Å². The summed E-state index contributed by atoms with van der Waals surface area (Å²) in [6.45, 7) is 5.48. The van der Waals surface area contributed by atoms with Crippen LogP contribution in [-0.4, -0.2) is 21.4 Å². The van der Waals surface area contributed by atoms with Gasteiger partial charge in [0, 0.05) is 10.6 Å². The van der Waals surface area contributed by atoms with Crippen LogP contribution in [0, 0.1) is 13.8 Å². The summed E-state index contributed by atoms with van der Waals surface area (Å²) in [6, 6.07) is 10.2. The Morgan fingerprint density at radius 2 is 1.77 bits per heavy atom. The van der Waals surface area contributed by atoms with Gasteiger partial charge in [-0.3, -0.25) is 4.79 Å². The van der Waals surface area contributed by atoms with Crippen molar-refractivity contribution in [1.82, 2.24) is 10.0 Å². The van der Waals surface area contributed by atoms with Gasteiger partial charge in [0.25, 0.3) is 5.91 Å². The lowest BCUT2D eigenvalue weighted by Gasteiger charge is -2.19. The molecule has 0 saturated heterocycles. The van der Waals surface area contributed by atoms with Gasteiger partial charge < -0.3 is 5.32 Å². The number of nitrogens with one attached hydrogen (secondary N) is 2. The Morgan fingerprint density at radius 3 is 2.31 bits per heavy atom. The lowest BCUT2D eigenvalue weighted by Crippen LogP contribution is -2.29. The van der Waals surface area contributed by atoms with Crippen molar-refractivity contribution in [3.05, 3.63) is 63.7 Å². The molecule has 140 valence electrons. The Hall–Kier alpha value is -1.89. The number of sulfonamides is 1. The van der Waals surface area contributed by atoms with E-state index in [2.05, 4.69) is 10.0 Å². The lowest BCUT2D eigenvalue weighted by atomic mass is 10.0. The summed E-state index contributed by atoms with van der Waals surface area (Å²) in [7, 11) is -2.29. The highest BCUT2D eigenvalue weighted by molar-refractivity contribution is 7.89. The van der Waals surface area contributed by atoms with Crippen molar-refractivity contribution in [2.24, 2.45) is 0 Å². The Kier molecular flexibility index (Phi) is 6.44. The van der Waals surface area contributed by atoms with Crippen molar-refractivity contribution < 1.29 is 13.2 Å². The smallest absolute Gasteiger partial charge is 0.251 e. The van der Waals surface area contributed by atoms with E-state index >= 15 is 0 Å². The highest BCUT2D eigenvalue weighted by atomic mass is 35.5. The molecule has 0 aliphatic heterocycles. The molecule has 0 saturated carbocycles. The molecule has 5 nitrogen and oxygen atoms in total. The summed E-state index contributed by atoms with van der Waals surface area (Å²) in [6.07, 6.45) is 0.694. The Labute approximate surface area is 159 Å². The van der Waals surface area contributed by atoms with Crippen LogP contribution in [0.2, 0.25) is 5.02 Å². The van der Waals surface area contributed by atoms with E-state index in [1.807, 2.05) is 19.1 Å². The first-order valence-corrected chi connectivity index (χ1v) is 10.2. The SMILES string of the molecule is CCC(NC(=O)c1cc(C)c(C)c(S(=O)(=O)NC)c1)c1ccc(Cl)cc1. The Morgan fingerprint density at radius 1 is 1.15 bits per heavy atom. The maximum Gasteiger partial charge on any atom is 0.251 e. The summed E-state index contributed by atoms with van der Waals surface area (Å²) in [5.74, 6) is -0.317. The fourth-order valence-corrected chi connectivity index (χ4v) is 3.90. The number of amides is 1. The van der Waals surface area contributed by atoms with Gasteiger partial charge in [-0.25, -0.2) is 13.1 Å². The zero-order valence-corrected chi connectivity index (χ0v) is 16.8. The van der Waals surface area contributed by atoms with Crippen molar-refractivity contribution >= 4 is 27.5 Å². The van der Waals surface area contributed by atoms with Gasteiger partial charge in [0.2, 0.25) is 10.0 Å². The first-order valence-electron chi connectivity index (χ1n) is 8.30. The van der Waals surface area contributed by atoms with E-state index in [0.717, 1.165) is 11.1 Å². The molecule has 2 N–H and O–H groups in total. The molecule has 0 aliphatic rings. The number of benzene rings is 2. The highest BCUT2D eigenvalue weighted by Crippen LogP contribution is 2.23. The number of carbonyl (C=O) groups excluding carboxylic acids is 1. The summed E-state index contributed by atoms with van der Waals surface area (Å²) in [5, 5.41) is 3.60. The first-order chi connectivity index (χ1) is 12.2. The topological polar surface area (TPSA) is 75.3 Å². The molecular weight excluding hydrogens is 372 g/mol. The van der Waals surface area contributed by atoms with Crippen LogP contribution in [-0.2, 0) is 10.0 Å². The molecule has 1 unspecified atom stereocenters. The monoisotopic (exact) mass is 394 g/mol. The summed E-state index contributed by atoms with van der Waals surface area (Å²) < 4.78 is 26.8. The third-order valence-corrected chi connectivity index (χ3v) is 6.22. The molecule has 2 aromatic rings. The van der Waals surface area contributed by atoms with E-state index in [0.29, 0.717) is 22.6 Å². The average Bonchev–Trinajstić information content (AvgIpc) is 2.62. The quantitative estimate of drug-likeness (QED) is 0.783. The van der Waals surface area contributed by atoms with Gasteiger partial charge in [0.1, 0.15) is 0 Å². The third kappa shape index (κ3) is 4.44. The Balaban J connectivity index is 2.35. The molecule has 0 spiro atoms. The highest BCUT2D eigenvalue weighted by Gasteiger charge is 2.21. The van der Waals surface area contributed by atoms with Gasteiger partial charge in [0.15, 0.2) is 0 Å². The van der Waals surface area contributed by atoms with Crippen molar-refractivity contribution in [3.8, 4) is 0 Å². The molecule has 0 aromatic heterocycles. The van der Waals surface area contributed by atoms with E-state index in [4.69, 9.17) is 11.6 Å². The Bertz CT molecular complexity index is 909. The normalized spacial score (nSPS) is 12.7. The van der Waals surface area contributed by atoms with Crippen molar-refractivity contribution in [1.29, 1.82) is 0 Å². The van der Waals surface area contributed by atoms with Crippen LogP contribution < -0.4 is 10.0 Å². The minimum absolute atomic E-state index is 0.115. The molecule has 0 heterocycles. The maximum absolute atomic E-state index is 12.7. The zero-order chi connectivity index (χ0) is 19.5. The largest absolute Gasteiger partial charge is 0.345 e. The predicted octanol–water partition coefficient (Wildman–Crippen LogP) is 3.75. The van der Waals surface area contributed by atoms with Crippen molar-refractivity contribution in [2.45, 2.75) is 38.1 Å². The molecule has 0 fully saturated rings. The van der Waals surface area contributed by atoms with Gasteiger partial charge in [-0.15, -0.1) is 0 Å². The fraction of sp³-hybridized carbons (Fsp3) is 0.316. The minimum atomic E-state index is -3.64. The van der Waals surface area contributed by atoms with E-state index in [1.54, 1.807) is 32.0 Å². The first kappa shape index (κ1) is 20.4. The van der Waals surface area contributed by atoms with Gasteiger partial charge in [-0.1, -0.05) is 30.7 Å². The standard InChI is InChI=1S/C19H23ClN2O3S/c1-5-17(14-6-8-16(20)9-7-14)22-19(23)15-10-12(2)13(3)18(11-15)26(24,25)21-4/h6-11,17,21H,5H2,1-4H3,(H,22,23). The van der Waals surface area contributed by atoms with E-state index in [1.165, 1.54) is 13.1 Å². The summed E-state index contributed by atoms with van der Waals surface area (Å²) in [4.78, 5) is 12.8. The van der Waals surface area contributed by atoms with E-state index < -0.39 is 10.0 Å². The molecule has 26 heavy (non-hydrogen) atoms. The second-order valence-corrected chi connectivity index (χ2v) is 8.40. The maximum atomic E-state index is 12.7. The van der Waals surface area contributed by atoms with Crippen LogP contribution in [0.5, 0.6) is 0 Å². The number of aryl methyl sites for hydroxylation is 1. The van der Waals surface area contributed by atoms with Crippen LogP contribution in [0.4, 0.5) is 0 Å². The molecule has 2 aromatic carbocycles. The molecule has 7 heteroatoms. The zero-order valence-electron chi connectivity index (χ0n) is 15.3. The molecule has 1 amide bonds. The second kappa shape index (κ2) is 8.20. The van der Waals surface area contributed by atoms with Crippen LogP contribution in [0.3, 0.4) is 0 Å². The summed E-state index contributed by atoms with van der Waals surface area (Å²) in [5.41, 5.74) is 2.62. The molecule has 0 bridgehead atoms. The van der Waals surface area contributed by atoms with Gasteiger partial charge in [-0.05, 0) is 68.3 Å². The van der Waals surface area contributed by atoms with Crippen molar-refractivity contribution in [3.63, 3.8) is 0 Å². The van der Waals surface area contributed by atoms with Crippen LogP contribution in [0.1, 0.15) is 46.4 Å². The van der Waals surface area contributed by atoms with Crippen LogP contribution >= 0.6 is 11.6 Å². The van der Waals surface area contributed by atoms with E-state index in [-0.39, 0.29) is 16.8 Å². The predicted molar refractivity (Wildman–Crippen MR) is 104 cm³/mol.